The van der Waals surface area contributed by atoms with E-state index in [0.29, 0.717) is 19.3 Å². The van der Waals surface area contributed by atoms with Crippen molar-refractivity contribution in [1.29, 1.82) is 0 Å². The van der Waals surface area contributed by atoms with Crippen LogP contribution in [0.25, 0.3) is 6.08 Å². The maximum atomic E-state index is 12.3. The number of hydrogen-bond acceptors (Lipinski definition) is 3. The largest absolute Gasteiger partial charge is 0.351 e. The van der Waals surface area contributed by atoms with Gasteiger partial charge in [0.05, 0.1) is 17.8 Å². The van der Waals surface area contributed by atoms with E-state index in [1.54, 1.807) is 10.9 Å². The molecule has 1 aliphatic rings. The fourth-order valence-electron chi connectivity index (χ4n) is 3.17. The number of aromatic nitrogens is 2. The molecule has 26 heavy (non-hydrogen) atoms. The number of carbonyl (C=O) groups is 2. The molecule has 2 amide bonds. The van der Waals surface area contributed by atoms with Crippen LogP contribution in [-0.4, -0.2) is 27.6 Å². The number of hydrogen-bond donors (Lipinski definition) is 2. The summed E-state index contributed by atoms with van der Waals surface area (Å²) in [5, 5.41) is 10.2. The van der Waals surface area contributed by atoms with Gasteiger partial charge >= 0.3 is 0 Å². The average molecular weight is 352 g/mol. The predicted molar refractivity (Wildman–Crippen MR) is 100 cm³/mol. The lowest BCUT2D eigenvalue weighted by Crippen LogP contribution is -2.50. The highest BCUT2D eigenvalue weighted by Crippen LogP contribution is 2.23. The Morgan fingerprint density at radius 1 is 1.35 bits per heavy atom. The lowest BCUT2D eigenvalue weighted by Gasteiger charge is -2.32. The van der Waals surface area contributed by atoms with Crippen LogP contribution in [-0.2, 0) is 16.6 Å². The molecule has 1 aromatic heterocycles. The lowest BCUT2D eigenvalue weighted by molar-refractivity contribution is -0.126. The lowest BCUT2D eigenvalue weighted by atomic mass is 9.95. The molecular weight excluding hydrogens is 328 g/mol. The third kappa shape index (κ3) is 4.39. The normalized spacial score (nSPS) is 20.2. The van der Waals surface area contributed by atoms with Gasteiger partial charge in [0.1, 0.15) is 0 Å². The van der Waals surface area contributed by atoms with E-state index in [1.165, 1.54) is 5.56 Å². The first-order valence-electron chi connectivity index (χ1n) is 8.83. The van der Waals surface area contributed by atoms with Gasteiger partial charge in [-0.1, -0.05) is 42.0 Å². The number of amides is 2. The van der Waals surface area contributed by atoms with Gasteiger partial charge < -0.3 is 10.6 Å². The van der Waals surface area contributed by atoms with E-state index in [-0.39, 0.29) is 23.9 Å². The molecule has 3 rings (SSSR count). The van der Waals surface area contributed by atoms with E-state index >= 15 is 0 Å². The number of piperidine rings is 1. The third-order valence-corrected chi connectivity index (χ3v) is 4.62. The van der Waals surface area contributed by atoms with Crippen molar-refractivity contribution in [3.63, 3.8) is 0 Å². The van der Waals surface area contributed by atoms with Gasteiger partial charge in [-0.15, -0.1) is 0 Å². The van der Waals surface area contributed by atoms with Crippen LogP contribution in [0.4, 0.5) is 0 Å². The first-order chi connectivity index (χ1) is 12.5. The van der Waals surface area contributed by atoms with Gasteiger partial charge in [0.25, 0.3) is 0 Å². The summed E-state index contributed by atoms with van der Waals surface area (Å²) in [5.74, 6) is -0.0531. The summed E-state index contributed by atoms with van der Waals surface area (Å²) in [6.45, 7) is 2.04. The van der Waals surface area contributed by atoms with Crippen molar-refractivity contribution >= 4 is 17.9 Å². The number of carbonyl (C=O) groups excluding carboxylic acids is 2. The number of rotatable bonds is 5. The molecule has 2 heterocycles. The van der Waals surface area contributed by atoms with Crippen molar-refractivity contribution in [3.05, 3.63) is 59.4 Å². The molecule has 1 saturated heterocycles. The molecule has 0 saturated carbocycles. The molecule has 2 N–H and O–H groups in total. The molecule has 0 unspecified atom stereocenters. The summed E-state index contributed by atoms with van der Waals surface area (Å²) in [6.07, 6.45) is 6.84. The van der Waals surface area contributed by atoms with Gasteiger partial charge in [0, 0.05) is 26.1 Å². The van der Waals surface area contributed by atoms with E-state index in [0.717, 1.165) is 11.3 Å². The number of benzene rings is 1. The number of nitrogens with one attached hydrogen (secondary N) is 2. The highest BCUT2D eigenvalue weighted by molar-refractivity contribution is 5.80. The average Bonchev–Trinajstić information content (AvgIpc) is 3.04. The Balaban J connectivity index is 1.60. The zero-order valence-corrected chi connectivity index (χ0v) is 15.1. The minimum Gasteiger partial charge on any atom is -0.351 e. The SMILES string of the molecule is Cc1ccc(/C=C/CC(=O)N[C@@H]2CCC(=O)N[C@H]2c2ccnn2C)cc1. The smallest absolute Gasteiger partial charge is 0.224 e. The standard InChI is InChI=1S/C20H24N4O2/c1-14-6-8-15(9-7-14)4-3-5-18(25)22-16-10-11-19(26)23-20(16)17-12-13-21-24(17)2/h3-4,6-9,12-13,16,20H,5,10-11H2,1-2H3,(H,22,25)(H,23,26)/b4-3+/t16-,20-/m1/s1. The summed E-state index contributed by atoms with van der Waals surface area (Å²) in [6, 6.07) is 9.62. The number of nitrogens with zero attached hydrogens (tertiary/aromatic N) is 2. The van der Waals surface area contributed by atoms with Crippen LogP contribution in [0, 0.1) is 6.92 Å². The van der Waals surface area contributed by atoms with Crippen LogP contribution in [0.1, 0.15) is 42.1 Å². The molecule has 6 heteroatoms. The summed E-state index contributed by atoms with van der Waals surface area (Å²) in [4.78, 5) is 24.1. The summed E-state index contributed by atoms with van der Waals surface area (Å²) >= 11 is 0. The van der Waals surface area contributed by atoms with Crippen molar-refractivity contribution in [2.24, 2.45) is 7.05 Å². The fourth-order valence-corrected chi connectivity index (χ4v) is 3.17. The van der Waals surface area contributed by atoms with E-state index in [4.69, 9.17) is 0 Å². The second kappa shape index (κ2) is 7.99. The van der Waals surface area contributed by atoms with Crippen LogP contribution >= 0.6 is 0 Å². The molecule has 0 aliphatic carbocycles. The molecule has 0 radical (unpaired) electrons. The van der Waals surface area contributed by atoms with Gasteiger partial charge in [0.2, 0.25) is 11.8 Å². The maximum Gasteiger partial charge on any atom is 0.224 e. The molecule has 1 aliphatic heterocycles. The van der Waals surface area contributed by atoms with Crippen LogP contribution in [0.3, 0.4) is 0 Å². The van der Waals surface area contributed by atoms with Gasteiger partial charge in [-0.05, 0) is 25.0 Å². The predicted octanol–water partition coefficient (Wildman–Crippen LogP) is 2.27. The minimum atomic E-state index is -0.256. The van der Waals surface area contributed by atoms with Crippen LogP contribution in [0.15, 0.2) is 42.6 Å². The molecule has 6 nitrogen and oxygen atoms in total. The molecule has 1 aromatic carbocycles. The fraction of sp³-hybridized carbons (Fsp3) is 0.350. The van der Waals surface area contributed by atoms with E-state index in [2.05, 4.69) is 15.7 Å². The minimum absolute atomic E-state index is 0.000894. The Labute approximate surface area is 153 Å². The topological polar surface area (TPSA) is 76.0 Å². The Kier molecular flexibility index (Phi) is 5.51. The van der Waals surface area contributed by atoms with Crippen LogP contribution in [0.5, 0.6) is 0 Å². The molecular formula is C20H24N4O2. The van der Waals surface area contributed by atoms with E-state index in [9.17, 15) is 9.59 Å². The van der Waals surface area contributed by atoms with Crippen molar-refractivity contribution in [2.75, 3.05) is 0 Å². The quantitative estimate of drug-likeness (QED) is 0.867. The first-order valence-corrected chi connectivity index (χ1v) is 8.83. The summed E-state index contributed by atoms with van der Waals surface area (Å²) in [7, 11) is 1.83. The second-order valence-electron chi connectivity index (χ2n) is 6.65. The van der Waals surface area contributed by atoms with Gasteiger partial charge in [-0.3, -0.25) is 14.3 Å². The van der Waals surface area contributed by atoms with E-state index < -0.39 is 0 Å². The highest BCUT2D eigenvalue weighted by Gasteiger charge is 2.32. The van der Waals surface area contributed by atoms with Gasteiger partial charge in [0.15, 0.2) is 0 Å². The van der Waals surface area contributed by atoms with Gasteiger partial charge in [-0.2, -0.15) is 5.10 Å². The molecule has 2 atom stereocenters. The Hall–Kier alpha value is -2.89. The molecule has 0 bridgehead atoms. The first kappa shape index (κ1) is 17.9. The third-order valence-electron chi connectivity index (χ3n) is 4.62. The van der Waals surface area contributed by atoms with E-state index in [1.807, 2.05) is 56.5 Å². The van der Waals surface area contributed by atoms with Crippen molar-refractivity contribution in [3.8, 4) is 0 Å². The maximum absolute atomic E-state index is 12.3. The van der Waals surface area contributed by atoms with Crippen molar-refractivity contribution in [1.82, 2.24) is 20.4 Å². The Morgan fingerprint density at radius 3 is 2.81 bits per heavy atom. The zero-order valence-electron chi connectivity index (χ0n) is 15.1. The Bertz CT molecular complexity index is 807. The number of aryl methyl sites for hydroxylation is 2. The monoisotopic (exact) mass is 352 g/mol. The molecule has 2 aromatic rings. The van der Waals surface area contributed by atoms with Crippen molar-refractivity contribution < 1.29 is 9.59 Å². The van der Waals surface area contributed by atoms with Crippen molar-refractivity contribution in [2.45, 2.75) is 38.3 Å². The van der Waals surface area contributed by atoms with Crippen LogP contribution < -0.4 is 10.6 Å². The molecule has 1 fully saturated rings. The van der Waals surface area contributed by atoms with Gasteiger partial charge in [-0.25, -0.2) is 0 Å². The highest BCUT2D eigenvalue weighted by atomic mass is 16.2. The Morgan fingerprint density at radius 2 is 2.12 bits per heavy atom. The molecule has 0 spiro atoms. The van der Waals surface area contributed by atoms with Crippen LogP contribution in [0.2, 0.25) is 0 Å². The second-order valence-corrected chi connectivity index (χ2v) is 6.65. The summed E-state index contributed by atoms with van der Waals surface area (Å²) in [5.41, 5.74) is 3.17. The zero-order chi connectivity index (χ0) is 18.5. The molecule has 136 valence electrons. The summed E-state index contributed by atoms with van der Waals surface area (Å²) < 4.78 is 1.73.